The summed E-state index contributed by atoms with van der Waals surface area (Å²) in [4.78, 5) is 43.6. The van der Waals surface area contributed by atoms with E-state index in [4.69, 9.17) is 9.47 Å². The maximum Gasteiger partial charge on any atom is 0.410 e. The molecule has 4 rings (SSSR count). The van der Waals surface area contributed by atoms with Crippen LogP contribution in [0.15, 0.2) is 6.07 Å². The van der Waals surface area contributed by atoms with Gasteiger partial charge in [-0.1, -0.05) is 18.8 Å². The van der Waals surface area contributed by atoms with Crippen molar-refractivity contribution in [3.05, 3.63) is 15.8 Å². The molecule has 244 valence electrons. The van der Waals surface area contributed by atoms with Crippen molar-refractivity contribution in [1.29, 1.82) is 0 Å². The first-order valence-corrected chi connectivity index (χ1v) is 17.2. The molecule has 0 radical (unpaired) electrons. The molecule has 1 aromatic rings. The van der Waals surface area contributed by atoms with Gasteiger partial charge in [-0.2, -0.15) is 0 Å². The summed E-state index contributed by atoms with van der Waals surface area (Å²) in [5.41, 5.74) is -0.223. The smallest absolute Gasteiger partial charge is 0.410 e. The van der Waals surface area contributed by atoms with E-state index in [0.717, 1.165) is 69.1 Å². The Balaban J connectivity index is 1.44. The van der Waals surface area contributed by atoms with Gasteiger partial charge in [-0.15, -0.1) is 11.3 Å². The molecular weight excluding hydrogens is 576 g/mol. The molecule has 0 spiro atoms. The van der Waals surface area contributed by atoms with Crippen LogP contribution in [0.5, 0.6) is 0 Å². The van der Waals surface area contributed by atoms with Gasteiger partial charge in [-0.3, -0.25) is 4.79 Å². The van der Waals surface area contributed by atoms with Gasteiger partial charge in [0.2, 0.25) is 5.91 Å². The number of ether oxygens (including phenoxy) is 2. The van der Waals surface area contributed by atoms with E-state index in [1.54, 1.807) is 4.90 Å². The highest BCUT2D eigenvalue weighted by atomic mass is 32.1. The predicted molar refractivity (Wildman–Crippen MR) is 174 cm³/mol. The van der Waals surface area contributed by atoms with E-state index in [2.05, 4.69) is 18.8 Å². The van der Waals surface area contributed by atoms with Crippen LogP contribution in [-0.2, 0) is 14.3 Å². The quantitative estimate of drug-likeness (QED) is 0.313. The highest BCUT2D eigenvalue weighted by molar-refractivity contribution is 7.15. The number of carbonyl (C=O) groups excluding carboxylic acids is 2. The van der Waals surface area contributed by atoms with Gasteiger partial charge in [0.1, 0.15) is 10.5 Å². The van der Waals surface area contributed by atoms with E-state index in [-0.39, 0.29) is 46.3 Å². The molecule has 1 aromatic heterocycles. The molecule has 8 nitrogen and oxygen atoms in total. The number of carboxylic acids is 1. The second-order valence-corrected chi connectivity index (χ2v) is 16.2. The van der Waals surface area contributed by atoms with E-state index in [9.17, 15) is 19.5 Å². The number of carbonyl (C=O) groups is 3. The van der Waals surface area contributed by atoms with Crippen LogP contribution in [0.4, 0.5) is 10.5 Å². The number of amides is 2. The first-order chi connectivity index (χ1) is 20.6. The Morgan fingerprint density at radius 3 is 2.25 bits per heavy atom. The number of likely N-dealkylation sites (tertiary alicyclic amines) is 1. The van der Waals surface area contributed by atoms with Crippen LogP contribution < -0.4 is 4.90 Å². The van der Waals surface area contributed by atoms with Gasteiger partial charge >= 0.3 is 12.1 Å². The number of hydrogen-bond acceptors (Lipinski definition) is 6. The molecule has 9 heteroatoms. The molecule has 1 saturated heterocycles. The number of carboxylic acid groups (broad SMARTS) is 1. The second kappa shape index (κ2) is 14.2. The molecule has 2 heterocycles. The van der Waals surface area contributed by atoms with Crippen LogP contribution in [0, 0.1) is 35.0 Å². The lowest BCUT2D eigenvalue weighted by molar-refractivity contribution is -0.124. The number of anilines is 1. The topological polar surface area (TPSA) is 96.4 Å². The van der Waals surface area contributed by atoms with Crippen LogP contribution in [0.25, 0.3) is 0 Å². The molecular formula is C35H52N2O6S. The Labute approximate surface area is 267 Å². The fourth-order valence-electron chi connectivity index (χ4n) is 6.43. The molecule has 2 amide bonds. The van der Waals surface area contributed by atoms with Gasteiger partial charge in [-0.05, 0) is 111 Å². The summed E-state index contributed by atoms with van der Waals surface area (Å²) in [6.07, 6.45) is 7.59. The van der Waals surface area contributed by atoms with Crippen LogP contribution in [0.1, 0.15) is 121 Å². The average molecular weight is 629 g/mol. The van der Waals surface area contributed by atoms with Crippen molar-refractivity contribution in [1.82, 2.24) is 4.90 Å². The maximum absolute atomic E-state index is 14.2. The third kappa shape index (κ3) is 9.47. The molecule has 1 aliphatic heterocycles. The van der Waals surface area contributed by atoms with Crippen molar-refractivity contribution in [3.8, 4) is 11.8 Å². The SMILES string of the molecule is CC1CCC(C(=O)N(c2cc(C#CC(C)(C)C)sc2C(=O)O)C2CCC(OCC3CCN(C(=O)OC(C)(C)C)C3)CC2)CC1. The summed E-state index contributed by atoms with van der Waals surface area (Å²) in [5.74, 6) is 6.24. The molecule has 2 saturated carbocycles. The van der Waals surface area contributed by atoms with Gasteiger partial charge in [0.15, 0.2) is 0 Å². The number of aromatic carboxylic acids is 1. The van der Waals surface area contributed by atoms with E-state index >= 15 is 0 Å². The monoisotopic (exact) mass is 628 g/mol. The maximum atomic E-state index is 14.2. The minimum atomic E-state index is -1.02. The van der Waals surface area contributed by atoms with Gasteiger partial charge in [0.05, 0.1) is 23.3 Å². The molecule has 1 unspecified atom stereocenters. The Kier molecular flexibility index (Phi) is 11.1. The highest BCUT2D eigenvalue weighted by Crippen LogP contribution is 2.39. The third-order valence-corrected chi connectivity index (χ3v) is 9.87. The summed E-state index contributed by atoms with van der Waals surface area (Å²) >= 11 is 1.16. The van der Waals surface area contributed by atoms with Gasteiger partial charge < -0.3 is 24.4 Å². The number of rotatable bonds is 7. The number of hydrogen-bond donors (Lipinski definition) is 1. The zero-order valence-corrected chi connectivity index (χ0v) is 28.6. The normalized spacial score (nSPS) is 26.1. The molecule has 0 aromatic carbocycles. The summed E-state index contributed by atoms with van der Waals surface area (Å²) in [6.45, 7) is 15.9. The fraction of sp³-hybridized carbons (Fsp3) is 0.743. The van der Waals surface area contributed by atoms with Crippen LogP contribution in [0.2, 0.25) is 0 Å². The van der Waals surface area contributed by atoms with Crippen LogP contribution in [-0.4, -0.2) is 65.4 Å². The van der Waals surface area contributed by atoms with Crippen molar-refractivity contribution < 1.29 is 29.0 Å². The highest BCUT2D eigenvalue weighted by Gasteiger charge is 2.38. The van der Waals surface area contributed by atoms with Gasteiger partial charge in [-0.25, -0.2) is 9.59 Å². The first kappa shape index (κ1) is 34.3. The second-order valence-electron chi connectivity index (χ2n) is 15.1. The van der Waals surface area contributed by atoms with E-state index in [1.165, 1.54) is 0 Å². The van der Waals surface area contributed by atoms with Crippen molar-refractivity contribution in [2.45, 2.75) is 124 Å². The number of nitrogens with zero attached hydrogens (tertiary/aromatic N) is 2. The van der Waals surface area contributed by atoms with Crippen molar-refractivity contribution in [3.63, 3.8) is 0 Å². The summed E-state index contributed by atoms with van der Waals surface area (Å²) in [7, 11) is 0. The van der Waals surface area contributed by atoms with Crippen LogP contribution in [0.3, 0.4) is 0 Å². The average Bonchev–Trinajstić information content (AvgIpc) is 3.59. The Morgan fingerprint density at radius 1 is 1.00 bits per heavy atom. The molecule has 3 aliphatic rings. The molecule has 1 N–H and O–H groups in total. The van der Waals surface area contributed by atoms with E-state index in [1.807, 2.05) is 52.5 Å². The van der Waals surface area contributed by atoms with E-state index < -0.39 is 11.6 Å². The Bertz CT molecular complexity index is 1230. The van der Waals surface area contributed by atoms with Gasteiger partial charge in [0.25, 0.3) is 0 Å². The van der Waals surface area contributed by atoms with Crippen LogP contribution >= 0.6 is 11.3 Å². The van der Waals surface area contributed by atoms with E-state index in [0.29, 0.717) is 36.2 Å². The summed E-state index contributed by atoms with van der Waals surface area (Å²) in [6, 6.07) is 1.75. The molecule has 44 heavy (non-hydrogen) atoms. The third-order valence-electron chi connectivity index (χ3n) is 8.84. The largest absolute Gasteiger partial charge is 0.477 e. The zero-order valence-electron chi connectivity index (χ0n) is 27.7. The Hall–Kier alpha value is -2.57. The van der Waals surface area contributed by atoms with Crippen molar-refractivity contribution in [2.75, 3.05) is 24.6 Å². The standard InChI is InChI=1S/C35H52N2O6S/c1-23-8-10-25(11-9-23)31(38)37(29-20-28(16-18-34(2,3)4)44-30(29)32(39)40)26-12-14-27(15-13-26)42-22-24-17-19-36(21-24)33(41)43-35(5,6)7/h20,23-27H,8-15,17,19,21-22H2,1-7H3,(H,39,40). The molecule has 3 fully saturated rings. The molecule has 2 aliphatic carbocycles. The zero-order chi connectivity index (χ0) is 32.2. The molecule has 0 bridgehead atoms. The Morgan fingerprint density at radius 2 is 1.66 bits per heavy atom. The summed E-state index contributed by atoms with van der Waals surface area (Å²) < 4.78 is 11.9. The first-order valence-electron chi connectivity index (χ1n) is 16.4. The fourth-order valence-corrected chi connectivity index (χ4v) is 7.27. The predicted octanol–water partition coefficient (Wildman–Crippen LogP) is 7.59. The van der Waals surface area contributed by atoms with Crippen molar-refractivity contribution >= 4 is 35.0 Å². The number of thiophene rings is 1. The lowest BCUT2D eigenvalue weighted by Crippen LogP contribution is -2.47. The minimum Gasteiger partial charge on any atom is -0.477 e. The van der Waals surface area contributed by atoms with Crippen molar-refractivity contribution in [2.24, 2.45) is 23.2 Å². The summed E-state index contributed by atoms with van der Waals surface area (Å²) in [5, 5.41) is 10.2. The van der Waals surface area contributed by atoms with Gasteiger partial charge in [0, 0.05) is 36.4 Å². The minimum absolute atomic E-state index is 0.0603. The lowest BCUT2D eigenvalue weighted by atomic mass is 9.81. The lowest BCUT2D eigenvalue weighted by Gasteiger charge is -2.39. The molecule has 1 atom stereocenters.